The number of carbonyl (C=O) groups is 4. The Balaban J connectivity index is 1.65. The third kappa shape index (κ3) is 4.74. The van der Waals surface area contributed by atoms with E-state index in [4.69, 9.17) is 14.2 Å². The number of fused-ring (bicyclic) bond motifs is 5. The van der Waals surface area contributed by atoms with Gasteiger partial charge in [-0.25, -0.2) is 4.79 Å². The normalized spacial score (nSPS) is 38.3. The molecule has 1 N–H and O–H groups in total. The number of hydrogen-bond acceptors (Lipinski definition) is 8. The SMILES string of the molecule is CCCC(C)COC(=O)O[C@]1(C(=O)COC(C)=O)CC[C@H]2[C@@H]3CCC4=CC(=O)C=C[C@]4(C)[C@H]3C(O)C[C@@]21C. The fourth-order valence-electron chi connectivity index (χ4n) is 8.24. The quantitative estimate of drug-likeness (QED) is 0.448. The molecular weight excluding hydrogens is 488 g/mol. The van der Waals surface area contributed by atoms with E-state index >= 15 is 0 Å². The number of aliphatic hydroxyl groups is 1. The fraction of sp³-hybridized carbons (Fsp3) is 0.733. The molecule has 4 aliphatic carbocycles. The van der Waals surface area contributed by atoms with Gasteiger partial charge < -0.3 is 19.3 Å². The molecule has 0 aromatic rings. The molecule has 0 amide bonds. The number of Topliss-reactive ketones (excluding diaryl/α,β-unsaturated/α-hetero) is 1. The van der Waals surface area contributed by atoms with Crippen LogP contribution in [-0.2, 0) is 28.6 Å². The minimum atomic E-state index is -1.57. The molecule has 8 atom stereocenters. The van der Waals surface area contributed by atoms with Gasteiger partial charge in [-0.1, -0.05) is 45.8 Å². The summed E-state index contributed by atoms with van der Waals surface area (Å²) in [5, 5.41) is 11.7. The zero-order chi connectivity index (χ0) is 27.9. The third-order valence-electron chi connectivity index (χ3n) is 10.00. The number of ketones is 2. The monoisotopic (exact) mass is 530 g/mol. The lowest BCUT2D eigenvalue weighted by Crippen LogP contribution is -2.63. The molecule has 3 saturated carbocycles. The third-order valence-corrected chi connectivity index (χ3v) is 10.00. The molecule has 0 spiro atoms. The highest BCUT2D eigenvalue weighted by atomic mass is 16.7. The summed E-state index contributed by atoms with van der Waals surface area (Å²) in [4.78, 5) is 50.4. The summed E-state index contributed by atoms with van der Waals surface area (Å²) >= 11 is 0. The first-order valence-corrected chi connectivity index (χ1v) is 14.0. The molecule has 38 heavy (non-hydrogen) atoms. The topological polar surface area (TPSA) is 116 Å². The van der Waals surface area contributed by atoms with Crippen LogP contribution in [0, 0.1) is 34.5 Å². The van der Waals surface area contributed by atoms with Gasteiger partial charge in [0.05, 0.1) is 12.7 Å². The number of carbonyl (C=O) groups excluding carboxylic acids is 4. The average molecular weight is 531 g/mol. The van der Waals surface area contributed by atoms with Crippen LogP contribution in [0.5, 0.6) is 0 Å². The van der Waals surface area contributed by atoms with E-state index in [1.807, 2.05) is 19.9 Å². The van der Waals surface area contributed by atoms with Crippen molar-refractivity contribution in [3.63, 3.8) is 0 Å². The molecule has 0 radical (unpaired) electrons. The van der Waals surface area contributed by atoms with E-state index in [1.165, 1.54) is 6.92 Å². The van der Waals surface area contributed by atoms with Crippen molar-refractivity contribution in [2.75, 3.05) is 13.2 Å². The number of allylic oxidation sites excluding steroid dienone is 4. The molecule has 0 aliphatic heterocycles. The molecule has 2 unspecified atom stereocenters. The molecule has 8 heteroatoms. The molecule has 4 rings (SSSR count). The molecule has 0 aromatic heterocycles. The summed E-state index contributed by atoms with van der Waals surface area (Å²) in [5.74, 6) is -0.998. The summed E-state index contributed by atoms with van der Waals surface area (Å²) in [6, 6.07) is 0. The van der Waals surface area contributed by atoms with E-state index in [-0.39, 0.29) is 48.9 Å². The van der Waals surface area contributed by atoms with E-state index in [2.05, 4.69) is 13.8 Å². The summed E-state index contributed by atoms with van der Waals surface area (Å²) in [5.41, 5.74) is -1.84. The van der Waals surface area contributed by atoms with Crippen LogP contribution < -0.4 is 0 Å². The van der Waals surface area contributed by atoms with Gasteiger partial charge in [-0.3, -0.25) is 14.4 Å². The molecule has 0 heterocycles. The number of hydrogen-bond donors (Lipinski definition) is 1. The first-order chi connectivity index (χ1) is 17.9. The molecule has 0 bridgehead atoms. The van der Waals surface area contributed by atoms with Gasteiger partial charge in [-0.2, -0.15) is 0 Å². The molecular formula is C30H42O8. The van der Waals surface area contributed by atoms with E-state index in [0.717, 1.165) is 31.3 Å². The summed E-state index contributed by atoms with van der Waals surface area (Å²) < 4.78 is 16.5. The molecule has 0 saturated heterocycles. The fourth-order valence-corrected chi connectivity index (χ4v) is 8.24. The molecule has 0 aromatic carbocycles. The largest absolute Gasteiger partial charge is 0.509 e. The smallest absolute Gasteiger partial charge is 0.458 e. The maximum Gasteiger partial charge on any atom is 0.509 e. The van der Waals surface area contributed by atoms with E-state index in [1.54, 1.807) is 12.2 Å². The van der Waals surface area contributed by atoms with Gasteiger partial charge in [-0.15, -0.1) is 0 Å². The Kier molecular flexibility index (Phi) is 7.95. The van der Waals surface area contributed by atoms with E-state index in [9.17, 15) is 24.3 Å². The van der Waals surface area contributed by atoms with Crippen molar-refractivity contribution in [2.24, 2.45) is 34.5 Å². The van der Waals surface area contributed by atoms with Gasteiger partial charge in [-0.05, 0) is 68.4 Å². The first-order valence-electron chi connectivity index (χ1n) is 14.0. The van der Waals surface area contributed by atoms with Crippen LogP contribution >= 0.6 is 0 Å². The zero-order valence-electron chi connectivity index (χ0n) is 23.3. The Morgan fingerprint density at radius 1 is 1.18 bits per heavy atom. The van der Waals surface area contributed by atoms with E-state index < -0.39 is 47.0 Å². The van der Waals surface area contributed by atoms with Crippen LogP contribution in [0.15, 0.2) is 23.8 Å². The summed E-state index contributed by atoms with van der Waals surface area (Å²) in [7, 11) is 0. The Hall–Kier alpha value is -2.48. The van der Waals surface area contributed by atoms with Crippen molar-refractivity contribution in [3.05, 3.63) is 23.8 Å². The lowest BCUT2D eigenvalue weighted by atomic mass is 9.46. The first kappa shape index (κ1) is 28.5. The predicted octanol–water partition coefficient (Wildman–Crippen LogP) is 4.73. The Morgan fingerprint density at radius 2 is 1.92 bits per heavy atom. The van der Waals surface area contributed by atoms with Crippen LogP contribution in [-0.4, -0.2) is 53.7 Å². The minimum Gasteiger partial charge on any atom is -0.458 e. The van der Waals surface area contributed by atoms with Crippen LogP contribution in [0.1, 0.15) is 79.6 Å². The zero-order valence-corrected chi connectivity index (χ0v) is 23.3. The van der Waals surface area contributed by atoms with Crippen molar-refractivity contribution in [3.8, 4) is 0 Å². The van der Waals surface area contributed by atoms with Gasteiger partial charge in [0.2, 0.25) is 5.78 Å². The highest BCUT2D eigenvalue weighted by Gasteiger charge is 2.70. The van der Waals surface area contributed by atoms with E-state index in [0.29, 0.717) is 6.42 Å². The van der Waals surface area contributed by atoms with Gasteiger partial charge >= 0.3 is 12.1 Å². The highest BCUT2D eigenvalue weighted by molar-refractivity contribution is 6.01. The van der Waals surface area contributed by atoms with Crippen molar-refractivity contribution in [1.82, 2.24) is 0 Å². The van der Waals surface area contributed by atoms with Crippen LogP contribution in [0.2, 0.25) is 0 Å². The summed E-state index contributed by atoms with van der Waals surface area (Å²) in [6.45, 7) is 8.98. The second kappa shape index (κ2) is 10.6. The van der Waals surface area contributed by atoms with Crippen LogP contribution in [0.4, 0.5) is 4.79 Å². The molecule has 8 nitrogen and oxygen atoms in total. The molecule has 3 fully saturated rings. The summed E-state index contributed by atoms with van der Waals surface area (Å²) in [6.07, 6.45) is 8.07. The van der Waals surface area contributed by atoms with Gasteiger partial charge in [0.15, 0.2) is 18.0 Å². The molecule has 210 valence electrons. The van der Waals surface area contributed by atoms with Crippen molar-refractivity contribution < 1.29 is 38.5 Å². The van der Waals surface area contributed by atoms with Crippen molar-refractivity contribution in [2.45, 2.75) is 91.3 Å². The number of esters is 1. The maximum atomic E-state index is 13.8. The molecule has 4 aliphatic rings. The Bertz CT molecular complexity index is 1040. The van der Waals surface area contributed by atoms with Crippen LogP contribution in [0.25, 0.3) is 0 Å². The maximum absolute atomic E-state index is 13.8. The van der Waals surface area contributed by atoms with Crippen molar-refractivity contribution >= 4 is 23.7 Å². The second-order valence-corrected chi connectivity index (χ2v) is 12.3. The lowest BCUT2D eigenvalue weighted by Gasteiger charge is -2.59. The predicted molar refractivity (Wildman–Crippen MR) is 139 cm³/mol. The number of aliphatic hydroxyl groups excluding tert-OH is 1. The van der Waals surface area contributed by atoms with Crippen LogP contribution in [0.3, 0.4) is 0 Å². The highest BCUT2D eigenvalue weighted by Crippen LogP contribution is 2.68. The Morgan fingerprint density at radius 3 is 2.61 bits per heavy atom. The standard InChI is InChI=1S/C30H42O8/c1-6-7-18(2)16-37-27(35)38-30(25(34)17-36-19(3)31)13-11-23-22-9-8-20-14-21(32)10-12-28(20,4)26(22)24(33)15-29(23,30)5/h10,12,14,18,22-24,26,33H,6-9,11,13,15-17H2,1-5H3/t18?,22-,23-,24?,26+,28-,29-,30-/m0/s1. The minimum absolute atomic E-state index is 0.00611. The number of ether oxygens (including phenoxy) is 3. The van der Waals surface area contributed by atoms with Crippen molar-refractivity contribution in [1.29, 1.82) is 0 Å². The number of rotatable bonds is 8. The van der Waals surface area contributed by atoms with Gasteiger partial charge in [0.25, 0.3) is 0 Å². The lowest BCUT2D eigenvalue weighted by molar-refractivity contribution is -0.186. The average Bonchev–Trinajstić information content (AvgIpc) is 3.13. The van der Waals surface area contributed by atoms with Gasteiger partial charge in [0.1, 0.15) is 0 Å². The Labute approximate surface area is 225 Å². The second-order valence-electron chi connectivity index (χ2n) is 12.3. The van der Waals surface area contributed by atoms with Gasteiger partial charge in [0, 0.05) is 23.7 Å².